The van der Waals surface area contributed by atoms with Crippen molar-refractivity contribution in [3.05, 3.63) is 48.0 Å². The summed E-state index contributed by atoms with van der Waals surface area (Å²) in [6, 6.07) is 11.3. The lowest BCUT2D eigenvalue weighted by Gasteiger charge is -2.29. The predicted octanol–water partition coefficient (Wildman–Crippen LogP) is 2.48. The number of fused-ring (bicyclic) bond motifs is 1. The number of anilines is 1. The molecule has 34 heavy (non-hydrogen) atoms. The molecule has 0 radical (unpaired) electrons. The van der Waals surface area contributed by atoms with Crippen LogP contribution in [0.3, 0.4) is 0 Å². The smallest absolute Gasteiger partial charge is 0.326 e. The minimum atomic E-state index is -1.42. The number of nitrogens with one attached hydrogen (secondary N) is 1. The third-order valence-electron chi connectivity index (χ3n) is 6.57. The molecule has 0 bridgehead atoms. The second kappa shape index (κ2) is 8.98. The molecule has 0 spiro atoms. The Morgan fingerprint density at radius 1 is 1.00 bits per heavy atom. The molecule has 9 heteroatoms. The molecule has 2 aliphatic rings. The van der Waals surface area contributed by atoms with Crippen LogP contribution in [0.1, 0.15) is 25.5 Å². The molecule has 2 aromatic rings. The van der Waals surface area contributed by atoms with Gasteiger partial charge in [0.05, 0.1) is 45.5 Å². The van der Waals surface area contributed by atoms with Crippen LogP contribution in [0.5, 0.6) is 17.2 Å². The molecule has 2 aliphatic heterocycles. The van der Waals surface area contributed by atoms with E-state index in [1.165, 1.54) is 14.2 Å². The lowest BCUT2D eigenvalue weighted by atomic mass is 9.80. The quantitative estimate of drug-likeness (QED) is 0.488. The van der Waals surface area contributed by atoms with Gasteiger partial charge in [-0.3, -0.25) is 19.7 Å². The summed E-state index contributed by atoms with van der Waals surface area (Å²) < 4.78 is 21.4. The highest BCUT2D eigenvalue weighted by Gasteiger charge is 2.67. The first-order chi connectivity index (χ1) is 16.3. The highest BCUT2D eigenvalue weighted by atomic mass is 16.5. The summed E-state index contributed by atoms with van der Waals surface area (Å²) in [5, 5.41) is 3.25. The van der Waals surface area contributed by atoms with Gasteiger partial charge in [0.15, 0.2) is 0 Å². The number of methoxy groups -OCH3 is 3. The zero-order valence-electron chi connectivity index (χ0n) is 19.8. The first-order valence-corrected chi connectivity index (χ1v) is 11.0. The number of nitrogens with zero attached hydrogens (tertiary/aromatic N) is 1. The number of amides is 2. The van der Waals surface area contributed by atoms with Crippen LogP contribution in [-0.2, 0) is 19.1 Å². The normalized spacial score (nSPS) is 25.8. The van der Waals surface area contributed by atoms with Crippen molar-refractivity contribution in [1.29, 1.82) is 0 Å². The Kier molecular flexibility index (Phi) is 6.22. The van der Waals surface area contributed by atoms with Gasteiger partial charge in [-0.05, 0) is 32.0 Å². The van der Waals surface area contributed by atoms with E-state index in [-0.39, 0.29) is 6.61 Å². The molecule has 2 aromatic carbocycles. The van der Waals surface area contributed by atoms with E-state index in [1.54, 1.807) is 63.4 Å². The van der Waals surface area contributed by atoms with Gasteiger partial charge in [0.25, 0.3) is 0 Å². The zero-order valence-corrected chi connectivity index (χ0v) is 19.8. The van der Waals surface area contributed by atoms with Gasteiger partial charge in [0.2, 0.25) is 11.8 Å². The second-order valence-corrected chi connectivity index (χ2v) is 8.37. The molecular formula is C25H28N2O7. The van der Waals surface area contributed by atoms with E-state index in [4.69, 9.17) is 18.9 Å². The van der Waals surface area contributed by atoms with E-state index >= 15 is 0 Å². The van der Waals surface area contributed by atoms with Gasteiger partial charge in [-0.15, -0.1) is 0 Å². The van der Waals surface area contributed by atoms with E-state index in [1.807, 2.05) is 0 Å². The topological polar surface area (TPSA) is 103 Å². The van der Waals surface area contributed by atoms with Crippen molar-refractivity contribution in [2.75, 3.05) is 32.8 Å². The fourth-order valence-corrected chi connectivity index (χ4v) is 4.95. The maximum atomic E-state index is 13.8. The number of benzene rings is 2. The fraction of sp³-hybridized carbons (Fsp3) is 0.400. The summed E-state index contributed by atoms with van der Waals surface area (Å²) in [5.74, 6) is -1.73. The van der Waals surface area contributed by atoms with E-state index in [9.17, 15) is 14.4 Å². The van der Waals surface area contributed by atoms with Gasteiger partial charge in [-0.1, -0.05) is 12.1 Å². The number of carbonyl (C=O) groups excluding carboxylic acids is 3. The number of rotatable bonds is 7. The van der Waals surface area contributed by atoms with Crippen LogP contribution >= 0.6 is 0 Å². The van der Waals surface area contributed by atoms with Crippen molar-refractivity contribution in [3.8, 4) is 17.2 Å². The Balaban J connectivity index is 1.84. The molecule has 2 amide bonds. The number of ether oxygens (including phenoxy) is 4. The fourth-order valence-electron chi connectivity index (χ4n) is 4.95. The minimum Gasteiger partial charge on any atom is -0.497 e. The summed E-state index contributed by atoms with van der Waals surface area (Å²) in [7, 11) is 4.57. The summed E-state index contributed by atoms with van der Waals surface area (Å²) >= 11 is 0. The van der Waals surface area contributed by atoms with E-state index < -0.39 is 41.2 Å². The van der Waals surface area contributed by atoms with Crippen molar-refractivity contribution < 1.29 is 33.3 Å². The Morgan fingerprint density at radius 3 is 2.35 bits per heavy atom. The van der Waals surface area contributed by atoms with Crippen molar-refractivity contribution >= 4 is 23.5 Å². The maximum Gasteiger partial charge on any atom is 0.326 e. The van der Waals surface area contributed by atoms with E-state index in [0.717, 1.165) is 4.90 Å². The third-order valence-corrected chi connectivity index (χ3v) is 6.57. The summed E-state index contributed by atoms with van der Waals surface area (Å²) in [6.07, 6.45) is 0. The number of hydrogen-bond acceptors (Lipinski definition) is 8. The summed E-state index contributed by atoms with van der Waals surface area (Å²) in [5.41, 5.74) is -0.397. The van der Waals surface area contributed by atoms with Crippen molar-refractivity contribution in [2.24, 2.45) is 11.8 Å². The number of hydrogen-bond donors (Lipinski definition) is 1. The van der Waals surface area contributed by atoms with E-state index in [0.29, 0.717) is 28.5 Å². The second-order valence-electron chi connectivity index (χ2n) is 8.37. The third kappa shape index (κ3) is 3.56. The van der Waals surface area contributed by atoms with Crippen molar-refractivity contribution in [2.45, 2.75) is 25.4 Å². The molecule has 0 aromatic heterocycles. The van der Waals surface area contributed by atoms with Gasteiger partial charge in [-0.2, -0.15) is 0 Å². The average molecular weight is 469 g/mol. The average Bonchev–Trinajstić information content (AvgIpc) is 3.31. The van der Waals surface area contributed by atoms with Gasteiger partial charge in [-0.25, -0.2) is 4.90 Å². The Morgan fingerprint density at radius 2 is 1.71 bits per heavy atom. The molecule has 9 nitrogen and oxygen atoms in total. The number of imide groups is 1. The monoisotopic (exact) mass is 468 g/mol. The molecule has 2 heterocycles. The SMILES string of the molecule is CCOC(=O)[C@]1(C)N[C@H](c2ccc(OC)cc2OC)[C@@H]2C(=O)N(c3cccc(OC)c3)C(=O)[C@H]21. The molecule has 1 N–H and O–H groups in total. The summed E-state index contributed by atoms with van der Waals surface area (Å²) in [6.45, 7) is 3.45. The highest BCUT2D eigenvalue weighted by molar-refractivity contribution is 6.24. The molecule has 2 fully saturated rings. The van der Waals surface area contributed by atoms with Crippen molar-refractivity contribution in [3.63, 3.8) is 0 Å². The van der Waals surface area contributed by atoms with Gasteiger partial charge >= 0.3 is 5.97 Å². The van der Waals surface area contributed by atoms with Gasteiger partial charge in [0, 0.05) is 23.7 Å². The lowest BCUT2D eigenvalue weighted by molar-refractivity contribution is -0.153. The molecule has 180 valence electrons. The van der Waals surface area contributed by atoms with Gasteiger partial charge < -0.3 is 18.9 Å². The van der Waals surface area contributed by atoms with Crippen LogP contribution in [0.15, 0.2) is 42.5 Å². The first-order valence-electron chi connectivity index (χ1n) is 11.0. The number of carbonyl (C=O) groups is 3. The molecular weight excluding hydrogens is 440 g/mol. The Bertz CT molecular complexity index is 1130. The first kappa shape index (κ1) is 23.6. The number of esters is 1. The molecule has 0 aliphatic carbocycles. The molecule has 4 rings (SSSR count). The van der Waals surface area contributed by atoms with Crippen LogP contribution in [0.4, 0.5) is 5.69 Å². The molecule has 2 saturated heterocycles. The molecule has 0 saturated carbocycles. The standard InChI is InChI=1S/C25H28N2O7/c1-6-34-24(30)25(2)20-19(21(26-25)17-11-10-16(32-4)13-18(17)33-5)22(28)27(23(20)29)14-8-7-9-15(12-14)31-3/h7-13,19-21,26H,6H2,1-5H3/t19-,20+,21-,25-/m1/s1. The lowest BCUT2D eigenvalue weighted by Crippen LogP contribution is -2.54. The van der Waals surface area contributed by atoms with Crippen LogP contribution in [0.25, 0.3) is 0 Å². The minimum absolute atomic E-state index is 0.145. The van der Waals surface area contributed by atoms with Crippen LogP contribution in [0, 0.1) is 11.8 Å². The highest BCUT2D eigenvalue weighted by Crippen LogP contribution is 2.51. The van der Waals surface area contributed by atoms with E-state index in [2.05, 4.69) is 5.32 Å². The van der Waals surface area contributed by atoms with Crippen LogP contribution in [0.2, 0.25) is 0 Å². The van der Waals surface area contributed by atoms with Crippen LogP contribution < -0.4 is 24.4 Å². The predicted molar refractivity (Wildman–Crippen MR) is 123 cm³/mol. The zero-order chi connectivity index (χ0) is 24.6. The Hall–Kier alpha value is -3.59. The summed E-state index contributed by atoms with van der Waals surface area (Å²) in [4.78, 5) is 41.7. The Labute approximate surface area is 197 Å². The van der Waals surface area contributed by atoms with Crippen molar-refractivity contribution in [1.82, 2.24) is 5.32 Å². The maximum absolute atomic E-state index is 13.8. The molecule has 0 unspecified atom stereocenters. The largest absolute Gasteiger partial charge is 0.497 e. The molecule has 4 atom stereocenters. The van der Waals surface area contributed by atoms with Crippen LogP contribution in [-0.4, -0.2) is 51.3 Å². The van der Waals surface area contributed by atoms with Gasteiger partial charge in [0.1, 0.15) is 22.8 Å².